The zero-order valence-corrected chi connectivity index (χ0v) is 11.4. The topological polar surface area (TPSA) is 27.7 Å². The predicted octanol–water partition coefficient (Wildman–Crippen LogP) is 0.764. The molecule has 0 saturated carbocycles. The Morgan fingerprint density at radius 3 is 2.29 bits per heavy atom. The largest absolute Gasteiger partial charge is 0.388 e. The fourth-order valence-corrected chi connectivity index (χ4v) is 2.10. The van der Waals surface area contributed by atoms with Crippen LogP contribution in [0.2, 0.25) is 0 Å². The molecule has 0 radical (unpaired) electrons. The number of hydrogen-bond acceptors (Lipinski definition) is 4. The zero-order chi connectivity index (χ0) is 12.5. The summed E-state index contributed by atoms with van der Waals surface area (Å²) in [4.78, 5) is 5.05. The second kappa shape index (κ2) is 8.50. The Labute approximate surface area is 106 Å². The summed E-state index contributed by atoms with van der Waals surface area (Å²) in [5.41, 5.74) is 1.06. The Morgan fingerprint density at radius 2 is 1.76 bits per heavy atom. The van der Waals surface area contributed by atoms with Crippen LogP contribution in [0.15, 0.2) is 12.3 Å². The molecule has 1 rings (SSSR count). The molecular formula is C13H27N3O. The van der Waals surface area contributed by atoms with Gasteiger partial charge in [-0.25, -0.2) is 0 Å². The Balaban J connectivity index is 2.03. The lowest BCUT2D eigenvalue weighted by Crippen LogP contribution is -2.48. The van der Waals surface area contributed by atoms with Crippen molar-refractivity contribution in [2.75, 3.05) is 59.5 Å². The summed E-state index contributed by atoms with van der Waals surface area (Å²) in [5, 5.41) is 3.28. The Bertz CT molecular complexity index is 213. The van der Waals surface area contributed by atoms with Gasteiger partial charge in [0.1, 0.15) is 0 Å². The standard InChI is InChI=1S/C13H27N3O/c1-13(2)14-5-7-16-10-8-15(9-11-16)6-4-12-17-3/h14H,1,4-12H2,2-3H3. The molecule has 1 saturated heterocycles. The van der Waals surface area contributed by atoms with Crippen LogP contribution in [0.4, 0.5) is 0 Å². The molecule has 0 aliphatic carbocycles. The van der Waals surface area contributed by atoms with Crippen molar-refractivity contribution in [2.45, 2.75) is 13.3 Å². The van der Waals surface area contributed by atoms with Gasteiger partial charge in [-0.1, -0.05) is 6.58 Å². The molecule has 100 valence electrons. The van der Waals surface area contributed by atoms with E-state index in [1.54, 1.807) is 7.11 Å². The highest BCUT2D eigenvalue weighted by Crippen LogP contribution is 2.02. The van der Waals surface area contributed by atoms with Gasteiger partial charge in [0.15, 0.2) is 0 Å². The SMILES string of the molecule is C=C(C)NCCN1CCN(CCCOC)CC1. The molecule has 1 aliphatic heterocycles. The van der Waals surface area contributed by atoms with Crippen molar-refractivity contribution in [3.8, 4) is 0 Å². The van der Waals surface area contributed by atoms with Crippen molar-refractivity contribution in [1.82, 2.24) is 15.1 Å². The molecule has 0 atom stereocenters. The second-order valence-corrected chi connectivity index (χ2v) is 4.74. The number of methoxy groups -OCH3 is 1. The molecule has 1 heterocycles. The predicted molar refractivity (Wildman–Crippen MR) is 72.2 cm³/mol. The summed E-state index contributed by atoms with van der Waals surface area (Å²) in [6, 6.07) is 0. The van der Waals surface area contributed by atoms with Gasteiger partial charge >= 0.3 is 0 Å². The zero-order valence-electron chi connectivity index (χ0n) is 11.4. The lowest BCUT2D eigenvalue weighted by atomic mass is 10.3. The average molecular weight is 241 g/mol. The van der Waals surface area contributed by atoms with E-state index >= 15 is 0 Å². The first kappa shape index (κ1) is 14.5. The van der Waals surface area contributed by atoms with E-state index in [4.69, 9.17) is 4.74 Å². The summed E-state index contributed by atoms with van der Waals surface area (Å²) in [7, 11) is 1.77. The number of rotatable bonds is 8. The third kappa shape index (κ3) is 6.66. The van der Waals surface area contributed by atoms with E-state index in [1.165, 1.54) is 32.7 Å². The van der Waals surface area contributed by atoms with E-state index in [1.807, 2.05) is 6.92 Å². The van der Waals surface area contributed by atoms with Gasteiger partial charge in [-0.3, -0.25) is 4.90 Å². The van der Waals surface area contributed by atoms with Crippen LogP contribution in [-0.2, 0) is 4.74 Å². The molecule has 0 amide bonds. The van der Waals surface area contributed by atoms with Crippen LogP contribution in [0.25, 0.3) is 0 Å². The Kier molecular flexibility index (Phi) is 7.24. The summed E-state index contributed by atoms with van der Waals surface area (Å²) in [6.45, 7) is 14.8. The van der Waals surface area contributed by atoms with E-state index in [0.717, 1.165) is 31.8 Å². The minimum Gasteiger partial charge on any atom is -0.388 e. The van der Waals surface area contributed by atoms with Crippen LogP contribution in [0.1, 0.15) is 13.3 Å². The number of ether oxygens (including phenoxy) is 1. The van der Waals surface area contributed by atoms with Gasteiger partial charge in [-0.2, -0.15) is 0 Å². The highest BCUT2D eigenvalue weighted by atomic mass is 16.5. The number of nitrogens with zero attached hydrogens (tertiary/aromatic N) is 2. The van der Waals surface area contributed by atoms with Crippen molar-refractivity contribution in [3.63, 3.8) is 0 Å². The molecule has 0 bridgehead atoms. The van der Waals surface area contributed by atoms with Crippen molar-refractivity contribution in [3.05, 3.63) is 12.3 Å². The average Bonchev–Trinajstić information content (AvgIpc) is 2.31. The third-order valence-electron chi connectivity index (χ3n) is 3.14. The van der Waals surface area contributed by atoms with Crippen LogP contribution in [0, 0.1) is 0 Å². The van der Waals surface area contributed by atoms with Crippen LogP contribution in [0.5, 0.6) is 0 Å². The molecule has 17 heavy (non-hydrogen) atoms. The summed E-state index contributed by atoms with van der Waals surface area (Å²) >= 11 is 0. The smallest absolute Gasteiger partial charge is 0.0474 e. The normalized spacial score (nSPS) is 18.2. The minimum absolute atomic E-state index is 0.878. The maximum absolute atomic E-state index is 5.08. The first-order chi connectivity index (χ1) is 8.22. The van der Waals surface area contributed by atoms with E-state index in [0.29, 0.717) is 0 Å². The van der Waals surface area contributed by atoms with E-state index in [-0.39, 0.29) is 0 Å². The molecule has 1 aliphatic rings. The van der Waals surface area contributed by atoms with E-state index in [9.17, 15) is 0 Å². The fourth-order valence-electron chi connectivity index (χ4n) is 2.10. The van der Waals surface area contributed by atoms with Crippen molar-refractivity contribution in [1.29, 1.82) is 0 Å². The monoisotopic (exact) mass is 241 g/mol. The molecule has 1 N–H and O–H groups in total. The first-order valence-corrected chi connectivity index (χ1v) is 6.55. The lowest BCUT2D eigenvalue weighted by Gasteiger charge is -2.34. The van der Waals surface area contributed by atoms with Gasteiger partial charge in [0.25, 0.3) is 0 Å². The van der Waals surface area contributed by atoms with Crippen molar-refractivity contribution >= 4 is 0 Å². The molecule has 0 aromatic heterocycles. The Hall–Kier alpha value is -0.580. The van der Waals surface area contributed by atoms with Crippen molar-refractivity contribution < 1.29 is 4.74 Å². The van der Waals surface area contributed by atoms with Gasteiger partial charge in [-0.15, -0.1) is 0 Å². The molecule has 0 unspecified atom stereocenters. The summed E-state index contributed by atoms with van der Waals surface area (Å²) < 4.78 is 5.08. The molecule has 4 heteroatoms. The molecule has 0 spiro atoms. The highest BCUT2D eigenvalue weighted by molar-refractivity contribution is 4.84. The quantitative estimate of drug-likeness (QED) is 0.635. The summed E-state index contributed by atoms with van der Waals surface area (Å²) in [6.07, 6.45) is 1.15. The van der Waals surface area contributed by atoms with Crippen LogP contribution >= 0.6 is 0 Å². The van der Waals surface area contributed by atoms with Gasteiger partial charge in [0.05, 0.1) is 0 Å². The van der Waals surface area contributed by atoms with Crippen LogP contribution < -0.4 is 5.32 Å². The minimum atomic E-state index is 0.878. The number of allylic oxidation sites excluding steroid dienone is 1. The molecule has 1 fully saturated rings. The molecule has 0 aromatic carbocycles. The molecule has 4 nitrogen and oxygen atoms in total. The highest BCUT2D eigenvalue weighted by Gasteiger charge is 2.15. The van der Waals surface area contributed by atoms with Crippen LogP contribution in [-0.4, -0.2) is 69.3 Å². The van der Waals surface area contributed by atoms with E-state index < -0.39 is 0 Å². The van der Waals surface area contributed by atoms with Gasteiger partial charge in [-0.05, 0) is 13.3 Å². The molecule has 0 aromatic rings. The first-order valence-electron chi connectivity index (χ1n) is 6.55. The summed E-state index contributed by atoms with van der Waals surface area (Å²) in [5.74, 6) is 0. The maximum Gasteiger partial charge on any atom is 0.0474 e. The Morgan fingerprint density at radius 1 is 1.18 bits per heavy atom. The second-order valence-electron chi connectivity index (χ2n) is 4.74. The van der Waals surface area contributed by atoms with Gasteiger partial charge in [0.2, 0.25) is 0 Å². The van der Waals surface area contributed by atoms with Crippen molar-refractivity contribution in [2.24, 2.45) is 0 Å². The maximum atomic E-state index is 5.08. The third-order valence-corrected chi connectivity index (χ3v) is 3.14. The lowest BCUT2D eigenvalue weighted by molar-refractivity contribution is 0.118. The number of nitrogens with one attached hydrogen (secondary N) is 1. The van der Waals surface area contributed by atoms with Gasteiger partial charge in [0, 0.05) is 65.2 Å². The van der Waals surface area contributed by atoms with Gasteiger partial charge < -0.3 is 15.0 Å². The molecular weight excluding hydrogens is 214 g/mol. The van der Waals surface area contributed by atoms with E-state index in [2.05, 4.69) is 21.7 Å². The fraction of sp³-hybridized carbons (Fsp3) is 0.846. The number of piperazine rings is 1. The van der Waals surface area contributed by atoms with Crippen LogP contribution in [0.3, 0.4) is 0 Å². The number of hydrogen-bond donors (Lipinski definition) is 1.